The van der Waals surface area contributed by atoms with Crippen molar-refractivity contribution in [1.29, 1.82) is 0 Å². The first-order chi connectivity index (χ1) is 14.7. The number of fused-ring (bicyclic) bond motifs is 1. The number of piperidine rings is 1. The van der Waals surface area contributed by atoms with Crippen LogP contribution in [0, 0.1) is 0 Å². The standard InChI is InChI=1S/C25H33N3OS/c29-25(20-26-12-9-21-5-1-2-6-22(21)19-26)10-13-27(14-11-25)23-7-3-4-8-24(23)28-15-17-30-18-16-28/h1-8,29H,9-20H2. The molecule has 0 radical (unpaired) electrons. The minimum Gasteiger partial charge on any atom is -0.388 e. The van der Waals surface area contributed by atoms with Gasteiger partial charge in [0.1, 0.15) is 0 Å². The van der Waals surface area contributed by atoms with E-state index in [4.69, 9.17) is 0 Å². The maximum Gasteiger partial charge on any atom is 0.0807 e. The molecule has 0 aliphatic carbocycles. The molecule has 2 saturated heterocycles. The first-order valence-corrected chi connectivity index (χ1v) is 12.5. The van der Waals surface area contributed by atoms with Crippen LogP contribution in [-0.4, -0.2) is 66.4 Å². The van der Waals surface area contributed by atoms with Crippen molar-refractivity contribution < 1.29 is 5.11 Å². The second kappa shape index (κ2) is 8.81. The molecule has 5 heteroatoms. The predicted octanol–water partition coefficient (Wildman–Crippen LogP) is 3.63. The Labute approximate surface area is 184 Å². The van der Waals surface area contributed by atoms with E-state index < -0.39 is 5.60 Å². The van der Waals surface area contributed by atoms with Gasteiger partial charge < -0.3 is 14.9 Å². The van der Waals surface area contributed by atoms with Gasteiger partial charge in [-0.1, -0.05) is 36.4 Å². The molecule has 1 N–H and O–H groups in total. The highest BCUT2D eigenvalue weighted by Gasteiger charge is 2.35. The van der Waals surface area contributed by atoms with E-state index in [1.54, 1.807) is 0 Å². The first-order valence-electron chi connectivity index (χ1n) is 11.4. The van der Waals surface area contributed by atoms with E-state index in [-0.39, 0.29) is 0 Å². The van der Waals surface area contributed by atoms with Gasteiger partial charge in [0, 0.05) is 57.3 Å². The molecule has 0 spiro atoms. The molecule has 2 aromatic rings. The molecular weight excluding hydrogens is 390 g/mol. The Bertz CT molecular complexity index is 859. The zero-order valence-corrected chi connectivity index (χ0v) is 18.6. The molecule has 0 aromatic heterocycles. The number of hydrogen-bond donors (Lipinski definition) is 1. The number of hydrogen-bond acceptors (Lipinski definition) is 5. The monoisotopic (exact) mass is 423 g/mol. The molecule has 5 rings (SSSR count). The zero-order chi connectivity index (χ0) is 20.4. The molecule has 3 heterocycles. The molecule has 4 nitrogen and oxygen atoms in total. The van der Waals surface area contributed by atoms with Gasteiger partial charge in [-0.15, -0.1) is 0 Å². The Morgan fingerprint density at radius 1 is 0.767 bits per heavy atom. The number of benzene rings is 2. The predicted molar refractivity (Wildman–Crippen MR) is 128 cm³/mol. The lowest BCUT2D eigenvalue weighted by Crippen LogP contribution is -2.52. The van der Waals surface area contributed by atoms with Crippen molar-refractivity contribution in [3.63, 3.8) is 0 Å². The van der Waals surface area contributed by atoms with Crippen LogP contribution in [0.5, 0.6) is 0 Å². The molecule has 3 aliphatic rings. The summed E-state index contributed by atoms with van der Waals surface area (Å²) in [5.41, 5.74) is 5.05. The molecule has 0 atom stereocenters. The maximum atomic E-state index is 11.4. The largest absolute Gasteiger partial charge is 0.388 e. The molecule has 0 bridgehead atoms. The third-order valence-electron chi connectivity index (χ3n) is 7.00. The molecule has 160 valence electrons. The van der Waals surface area contributed by atoms with E-state index in [0.29, 0.717) is 0 Å². The lowest BCUT2D eigenvalue weighted by molar-refractivity contribution is -0.0194. The van der Waals surface area contributed by atoms with Gasteiger partial charge in [0.15, 0.2) is 0 Å². The van der Waals surface area contributed by atoms with E-state index in [2.05, 4.69) is 75.0 Å². The molecule has 3 aliphatic heterocycles. The highest BCUT2D eigenvalue weighted by atomic mass is 32.2. The lowest BCUT2D eigenvalue weighted by atomic mass is 9.89. The van der Waals surface area contributed by atoms with Crippen molar-refractivity contribution in [2.24, 2.45) is 0 Å². The normalized spacial score (nSPS) is 22.0. The summed E-state index contributed by atoms with van der Waals surface area (Å²) >= 11 is 2.05. The van der Waals surface area contributed by atoms with Gasteiger partial charge in [-0.25, -0.2) is 0 Å². The van der Waals surface area contributed by atoms with Crippen LogP contribution in [0.15, 0.2) is 48.5 Å². The number of β-amino-alcohol motifs (C(OH)–C–C–N with tert-alkyl or cyclic N) is 1. The van der Waals surface area contributed by atoms with Crippen molar-refractivity contribution in [2.75, 3.05) is 60.6 Å². The molecule has 0 unspecified atom stereocenters. The second-order valence-corrected chi connectivity index (χ2v) is 10.3. The van der Waals surface area contributed by atoms with Gasteiger partial charge in [-0.05, 0) is 42.5 Å². The zero-order valence-electron chi connectivity index (χ0n) is 17.8. The maximum absolute atomic E-state index is 11.4. The van der Waals surface area contributed by atoms with E-state index in [0.717, 1.165) is 65.1 Å². The number of aliphatic hydroxyl groups is 1. The van der Waals surface area contributed by atoms with Gasteiger partial charge in [0.2, 0.25) is 0 Å². The second-order valence-electron chi connectivity index (χ2n) is 9.03. The van der Waals surface area contributed by atoms with Gasteiger partial charge in [0.05, 0.1) is 17.0 Å². The first kappa shape index (κ1) is 20.2. The summed E-state index contributed by atoms with van der Waals surface area (Å²) < 4.78 is 0. The number of anilines is 2. The quantitative estimate of drug-likeness (QED) is 0.811. The molecule has 30 heavy (non-hydrogen) atoms. The van der Waals surface area contributed by atoms with E-state index in [1.165, 1.54) is 34.0 Å². The van der Waals surface area contributed by atoms with Gasteiger partial charge >= 0.3 is 0 Å². The summed E-state index contributed by atoms with van der Waals surface area (Å²) in [5, 5.41) is 11.4. The number of nitrogens with zero attached hydrogens (tertiary/aromatic N) is 3. The van der Waals surface area contributed by atoms with Crippen molar-refractivity contribution in [1.82, 2.24) is 4.90 Å². The number of thioether (sulfide) groups is 1. The van der Waals surface area contributed by atoms with Crippen molar-refractivity contribution in [2.45, 2.75) is 31.4 Å². The van der Waals surface area contributed by atoms with Crippen LogP contribution in [0.25, 0.3) is 0 Å². The van der Waals surface area contributed by atoms with Crippen LogP contribution >= 0.6 is 11.8 Å². The Hall–Kier alpha value is -1.69. The van der Waals surface area contributed by atoms with E-state index >= 15 is 0 Å². The van der Waals surface area contributed by atoms with Crippen LogP contribution < -0.4 is 9.80 Å². The molecule has 0 amide bonds. The van der Waals surface area contributed by atoms with Gasteiger partial charge in [-0.3, -0.25) is 4.90 Å². The Morgan fingerprint density at radius 3 is 2.07 bits per heavy atom. The van der Waals surface area contributed by atoms with E-state index in [9.17, 15) is 5.11 Å². The lowest BCUT2D eigenvalue weighted by Gasteiger charge is -2.43. The van der Waals surface area contributed by atoms with Crippen molar-refractivity contribution in [3.8, 4) is 0 Å². The van der Waals surface area contributed by atoms with Crippen LogP contribution in [0.1, 0.15) is 24.0 Å². The molecule has 2 aromatic carbocycles. The Morgan fingerprint density at radius 2 is 1.37 bits per heavy atom. The van der Waals surface area contributed by atoms with Crippen molar-refractivity contribution >= 4 is 23.1 Å². The number of para-hydroxylation sites is 2. The fraction of sp³-hybridized carbons (Fsp3) is 0.520. The Balaban J connectivity index is 1.22. The molecular formula is C25H33N3OS. The topological polar surface area (TPSA) is 30.0 Å². The molecule has 2 fully saturated rings. The minimum absolute atomic E-state index is 0.570. The summed E-state index contributed by atoms with van der Waals surface area (Å²) in [5.74, 6) is 2.43. The smallest absolute Gasteiger partial charge is 0.0807 e. The summed E-state index contributed by atoms with van der Waals surface area (Å²) in [7, 11) is 0. The van der Waals surface area contributed by atoms with Gasteiger partial charge in [-0.2, -0.15) is 11.8 Å². The highest BCUT2D eigenvalue weighted by molar-refractivity contribution is 7.99. The summed E-state index contributed by atoms with van der Waals surface area (Å²) in [4.78, 5) is 7.49. The number of rotatable bonds is 4. The summed E-state index contributed by atoms with van der Waals surface area (Å²) in [6.07, 6.45) is 2.78. The van der Waals surface area contributed by atoms with Crippen LogP contribution in [0.4, 0.5) is 11.4 Å². The summed E-state index contributed by atoms with van der Waals surface area (Å²) in [6.45, 7) is 6.95. The third-order valence-corrected chi connectivity index (χ3v) is 7.94. The fourth-order valence-corrected chi connectivity index (χ4v) is 6.13. The minimum atomic E-state index is -0.570. The van der Waals surface area contributed by atoms with Crippen LogP contribution in [0.3, 0.4) is 0 Å². The average molecular weight is 424 g/mol. The van der Waals surface area contributed by atoms with Crippen LogP contribution in [-0.2, 0) is 13.0 Å². The van der Waals surface area contributed by atoms with Gasteiger partial charge in [0.25, 0.3) is 0 Å². The Kier molecular flexibility index (Phi) is 5.94. The average Bonchev–Trinajstić information content (AvgIpc) is 2.80. The van der Waals surface area contributed by atoms with Crippen molar-refractivity contribution in [3.05, 3.63) is 59.7 Å². The molecule has 0 saturated carbocycles. The van der Waals surface area contributed by atoms with E-state index in [1.807, 2.05) is 0 Å². The SMILES string of the molecule is OC1(CN2CCc3ccccc3C2)CCN(c2ccccc2N2CCSCC2)CC1. The van der Waals surface area contributed by atoms with Crippen LogP contribution in [0.2, 0.25) is 0 Å². The highest BCUT2D eigenvalue weighted by Crippen LogP contribution is 2.35. The summed E-state index contributed by atoms with van der Waals surface area (Å²) in [6, 6.07) is 17.6. The fourth-order valence-electron chi connectivity index (χ4n) is 5.23. The third kappa shape index (κ3) is 4.34.